The minimum Gasteiger partial charge on any atom is -0.436 e. The Balaban J connectivity index is 1.59. The van der Waals surface area contributed by atoms with Crippen LogP contribution in [-0.4, -0.2) is 30.1 Å². The van der Waals surface area contributed by atoms with Gasteiger partial charge in [-0.25, -0.2) is 9.69 Å². The van der Waals surface area contributed by atoms with Crippen LogP contribution in [0.1, 0.15) is 30.4 Å². The Morgan fingerprint density at radius 3 is 2.68 bits per heavy atom. The second-order valence-electron chi connectivity index (χ2n) is 7.53. The van der Waals surface area contributed by atoms with Gasteiger partial charge in [-0.05, 0) is 43.1 Å². The first-order valence-corrected chi connectivity index (χ1v) is 9.91. The Labute approximate surface area is 171 Å². The van der Waals surface area contributed by atoms with Crippen molar-refractivity contribution in [3.63, 3.8) is 0 Å². The highest BCUT2D eigenvalue weighted by Crippen LogP contribution is 2.54. The van der Waals surface area contributed by atoms with Crippen molar-refractivity contribution in [1.29, 1.82) is 0 Å². The van der Waals surface area contributed by atoms with Gasteiger partial charge in [0.15, 0.2) is 5.60 Å². The molecule has 144 valence electrons. The Morgan fingerprint density at radius 1 is 1.18 bits per heavy atom. The van der Waals surface area contributed by atoms with Crippen molar-refractivity contribution in [2.45, 2.75) is 30.3 Å². The summed E-state index contributed by atoms with van der Waals surface area (Å²) in [6.45, 7) is 1.26. The number of aromatic nitrogens is 1. The van der Waals surface area contributed by atoms with Crippen molar-refractivity contribution in [3.05, 3.63) is 57.8 Å². The molecule has 2 aliphatic heterocycles. The third-order valence-electron chi connectivity index (χ3n) is 5.92. The molecule has 2 fully saturated rings. The molecule has 1 spiro atoms. The number of hydrogen-bond donors (Lipinski definition) is 1. The molecule has 6 nitrogen and oxygen atoms in total. The first kappa shape index (κ1) is 17.9. The lowest BCUT2D eigenvalue weighted by atomic mass is 9.89. The predicted molar refractivity (Wildman–Crippen MR) is 105 cm³/mol. The highest BCUT2D eigenvalue weighted by Gasteiger charge is 2.58. The molecule has 1 N–H and O–H groups in total. The second-order valence-corrected chi connectivity index (χ2v) is 8.37. The van der Waals surface area contributed by atoms with Crippen LogP contribution in [0.15, 0.2) is 36.7 Å². The molecule has 1 atom stereocenters. The minimum absolute atomic E-state index is 0.336. The topological polar surface area (TPSA) is 71.5 Å². The summed E-state index contributed by atoms with van der Waals surface area (Å²) >= 11 is 12.4. The van der Waals surface area contributed by atoms with E-state index < -0.39 is 17.1 Å². The van der Waals surface area contributed by atoms with Crippen molar-refractivity contribution in [3.8, 4) is 0 Å². The van der Waals surface area contributed by atoms with Gasteiger partial charge in [-0.3, -0.25) is 9.78 Å². The van der Waals surface area contributed by atoms with Crippen LogP contribution >= 0.6 is 23.2 Å². The molecule has 1 saturated heterocycles. The van der Waals surface area contributed by atoms with E-state index in [0.717, 1.165) is 17.0 Å². The molecule has 8 heteroatoms. The van der Waals surface area contributed by atoms with E-state index >= 15 is 0 Å². The number of carbonyl (C=O) groups is 2. The van der Waals surface area contributed by atoms with Gasteiger partial charge < -0.3 is 10.1 Å². The molecule has 1 aliphatic carbocycles. The van der Waals surface area contributed by atoms with Crippen LogP contribution in [0.5, 0.6) is 0 Å². The van der Waals surface area contributed by atoms with Gasteiger partial charge in [-0.15, -0.1) is 0 Å². The Hall–Kier alpha value is -2.15. The van der Waals surface area contributed by atoms with E-state index in [1.807, 2.05) is 6.07 Å². The standard InChI is InChI=1S/C20H17Cl2N3O3/c21-12-1-2-13(15(22)9-12)19(4-5-19)17(26)25-16-10-23-7-3-14(16)20(28-18(25)27)6-8-24-11-20/h1-3,7,9-10,24H,4-6,8,11H2. The molecule has 5 rings (SSSR count). The van der Waals surface area contributed by atoms with Gasteiger partial charge in [-0.1, -0.05) is 29.3 Å². The summed E-state index contributed by atoms with van der Waals surface area (Å²) in [5.74, 6) is -0.336. The fraction of sp³-hybridized carbons (Fsp3) is 0.350. The normalized spacial score (nSPS) is 24.8. The number of nitrogens with zero attached hydrogens (tertiary/aromatic N) is 2. The van der Waals surface area contributed by atoms with E-state index in [1.54, 1.807) is 30.6 Å². The number of imide groups is 1. The lowest BCUT2D eigenvalue weighted by Gasteiger charge is -2.39. The summed E-state index contributed by atoms with van der Waals surface area (Å²) in [4.78, 5) is 31.9. The summed E-state index contributed by atoms with van der Waals surface area (Å²) in [5, 5.41) is 4.16. The Morgan fingerprint density at radius 2 is 2.00 bits per heavy atom. The number of nitrogens with one attached hydrogen (secondary N) is 1. The zero-order chi connectivity index (χ0) is 19.5. The number of fused-ring (bicyclic) bond motifs is 2. The Kier molecular flexibility index (Phi) is 3.95. The summed E-state index contributed by atoms with van der Waals surface area (Å²) in [7, 11) is 0. The van der Waals surface area contributed by atoms with Crippen molar-refractivity contribution in [1.82, 2.24) is 10.3 Å². The number of halogens is 2. The number of benzene rings is 1. The summed E-state index contributed by atoms with van der Waals surface area (Å²) in [5.41, 5.74) is 0.388. The average molecular weight is 418 g/mol. The smallest absolute Gasteiger partial charge is 0.422 e. The molecule has 1 aromatic heterocycles. The molecule has 2 aromatic rings. The fourth-order valence-corrected chi connectivity index (χ4v) is 4.90. The van der Waals surface area contributed by atoms with Crippen LogP contribution in [0.25, 0.3) is 0 Å². The first-order chi connectivity index (χ1) is 13.5. The van der Waals surface area contributed by atoms with Crippen LogP contribution in [0.4, 0.5) is 10.5 Å². The maximum atomic E-state index is 13.6. The molecule has 1 unspecified atom stereocenters. The zero-order valence-electron chi connectivity index (χ0n) is 14.9. The van der Waals surface area contributed by atoms with Gasteiger partial charge in [0, 0.05) is 34.8 Å². The van der Waals surface area contributed by atoms with Crippen molar-refractivity contribution >= 4 is 40.9 Å². The predicted octanol–water partition coefficient (Wildman–Crippen LogP) is 3.79. The lowest BCUT2D eigenvalue weighted by molar-refractivity contribution is -0.121. The van der Waals surface area contributed by atoms with Crippen LogP contribution in [0.2, 0.25) is 10.0 Å². The van der Waals surface area contributed by atoms with Gasteiger partial charge in [0.25, 0.3) is 0 Å². The zero-order valence-corrected chi connectivity index (χ0v) is 16.4. The van der Waals surface area contributed by atoms with Gasteiger partial charge in [0.05, 0.1) is 17.3 Å². The molecule has 2 amide bonds. The number of carbonyl (C=O) groups excluding carboxylic acids is 2. The van der Waals surface area contributed by atoms with Gasteiger partial charge >= 0.3 is 6.09 Å². The van der Waals surface area contributed by atoms with Crippen molar-refractivity contribution in [2.24, 2.45) is 0 Å². The van der Waals surface area contributed by atoms with Gasteiger partial charge in [0.1, 0.15) is 0 Å². The molecule has 1 saturated carbocycles. The summed E-state index contributed by atoms with van der Waals surface area (Å²) in [6.07, 6.45) is 4.44. The first-order valence-electron chi connectivity index (χ1n) is 9.15. The number of amides is 2. The van der Waals surface area contributed by atoms with Crippen LogP contribution in [-0.2, 0) is 20.5 Å². The quantitative estimate of drug-likeness (QED) is 0.804. The molecule has 1 aromatic carbocycles. The molecule has 0 bridgehead atoms. The molecule has 3 heterocycles. The van der Waals surface area contributed by atoms with Gasteiger partial charge in [0.2, 0.25) is 5.91 Å². The highest BCUT2D eigenvalue weighted by molar-refractivity contribution is 6.35. The van der Waals surface area contributed by atoms with Crippen LogP contribution in [0, 0.1) is 0 Å². The van der Waals surface area contributed by atoms with E-state index in [-0.39, 0.29) is 5.91 Å². The number of pyridine rings is 1. The third kappa shape index (κ3) is 2.48. The average Bonchev–Trinajstić information content (AvgIpc) is 3.35. The van der Waals surface area contributed by atoms with E-state index in [2.05, 4.69) is 10.3 Å². The lowest BCUT2D eigenvalue weighted by Crippen LogP contribution is -2.52. The fourth-order valence-electron chi connectivity index (χ4n) is 4.31. The van der Waals surface area contributed by atoms with E-state index in [4.69, 9.17) is 27.9 Å². The second kappa shape index (κ2) is 6.17. The highest BCUT2D eigenvalue weighted by atomic mass is 35.5. The molecular weight excluding hydrogens is 401 g/mol. The van der Waals surface area contributed by atoms with Crippen LogP contribution < -0.4 is 10.2 Å². The summed E-state index contributed by atoms with van der Waals surface area (Å²) in [6, 6.07) is 6.91. The molecule has 0 radical (unpaired) electrons. The number of rotatable bonds is 2. The molecule has 28 heavy (non-hydrogen) atoms. The largest absolute Gasteiger partial charge is 0.436 e. The molecular formula is C20H17Cl2N3O3. The van der Waals surface area contributed by atoms with E-state index in [0.29, 0.717) is 47.1 Å². The maximum Gasteiger partial charge on any atom is 0.422 e. The number of ether oxygens (including phenoxy) is 1. The van der Waals surface area contributed by atoms with Crippen molar-refractivity contribution in [2.75, 3.05) is 18.0 Å². The third-order valence-corrected chi connectivity index (χ3v) is 6.47. The van der Waals surface area contributed by atoms with Gasteiger partial charge in [-0.2, -0.15) is 0 Å². The Bertz CT molecular complexity index is 1000. The number of hydrogen-bond acceptors (Lipinski definition) is 5. The monoisotopic (exact) mass is 417 g/mol. The maximum absolute atomic E-state index is 13.6. The minimum atomic E-state index is -0.841. The van der Waals surface area contributed by atoms with E-state index in [9.17, 15) is 9.59 Å². The van der Waals surface area contributed by atoms with Crippen LogP contribution in [0.3, 0.4) is 0 Å². The molecule has 3 aliphatic rings. The van der Waals surface area contributed by atoms with Crippen molar-refractivity contribution < 1.29 is 14.3 Å². The summed E-state index contributed by atoms with van der Waals surface area (Å²) < 4.78 is 5.82. The van der Waals surface area contributed by atoms with E-state index in [1.165, 1.54) is 0 Å². The SMILES string of the molecule is O=C1OC2(CCNC2)c2ccncc2N1C(=O)C1(c2ccc(Cl)cc2Cl)CC1. The number of anilines is 1.